The number of amides is 1. The molecule has 2 aromatic carbocycles. The Kier molecular flexibility index (Phi) is 4.24. The number of benzene rings is 2. The molecule has 2 atom stereocenters. The van der Waals surface area contributed by atoms with Crippen LogP contribution in [0.2, 0.25) is 0 Å². The first kappa shape index (κ1) is 16.9. The maximum absolute atomic E-state index is 12.7. The number of fused-ring (bicyclic) bond motifs is 2. The molecule has 3 aromatic rings. The summed E-state index contributed by atoms with van der Waals surface area (Å²) in [7, 11) is 0. The van der Waals surface area contributed by atoms with Gasteiger partial charge in [0.1, 0.15) is 18.5 Å². The number of aryl methyl sites for hydroxylation is 1. The van der Waals surface area contributed by atoms with Crippen molar-refractivity contribution in [2.75, 3.05) is 6.61 Å². The van der Waals surface area contributed by atoms with Gasteiger partial charge in [-0.3, -0.25) is 4.79 Å². The molecule has 3 heterocycles. The first-order valence-corrected chi connectivity index (χ1v) is 9.57. The van der Waals surface area contributed by atoms with Gasteiger partial charge in [0.15, 0.2) is 5.69 Å². The SMILES string of the molecule is O=C(NC1COc2ccccc2C1)c1cc2n(n1)CCC(c1ccccc1)O2. The van der Waals surface area contributed by atoms with Crippen molar-refractivity contribution in [2.45, 2.75) is 31.5 Å². The van der Waals surface area contributed by atoms with E-state index in [9.17, 15) is 4.79 Å². The molecule has 2 aliphatic heterocycles. The minimum atomic E-state index is -0.199. The summed E-state index contributed by atoms with van der Waals surface area (Å²) in [6, 6.07) is 19.7. The Morgan fingerprint density at radius 1 is 1.11 bits per heavy atom. The minimum Gasteiger partial charge on any atom is -0.491 e. The Morgan fingerprint density at radius 2 is 1.93 bits per heavy atom. The van der Waals surface area contributed by atoms with Crippen molar-refractivity contribution in [3.05, 3.63) is 77.5 Å². The van der Waals surface area contributed by atoms with Gasteiger partial charge in [0.2, 0.25) is 5.88 Å². The molecule has 2 aliphatic rings. The van der Waals surface area contributed by atoms with Gasteiger partial charge in [-0.05, 0) is 23.6 Å². The van der Waals surface area contributed by atoms with Gasteiger partial charge in [0.25, 0.3) is 5.91 Å². The highest BCUT2D eigenvalue weighted by molar-refractivity contribution is 5.92. The van der Waals surface area contributed by atoms with Crippen LogP contribution in [0.25, 0.3) is 0 Å². The van der Waals surface area contributed by atoms with Crippen LogP contribution in [0.1, 0.15) is 34.1 Å². The van der Waals surface area contributed by atoms with Crippen molar-refractivity contribution < 1.29 is 14.3 Å². The van der Waals surface area contributed by atoms with Crippen LogP contribution >= 0.6 is 0 Å². The number of hydrogen-bond acceptors (Lipinski definition) is 4. The van der Waals surface area contributed by atoms with Gasteiger partial charge < -0.3 is 14.8 Å². The zero-order chi connectivity index (χ0) is 18.9. The first-order chi connectivity index (χ1) is 13.8. The fraction of sp³-hybridized carbons (Fsp3) is 0.273. The molecule has 0 fully saturated rings. The number of carbonyl (C=O) groups is 1. The summed E-state index contributed by atoms with van der Waals surface area (Å²) in [6.45, 7) is 1.19. The number of carbonyl (C=O) groups excluding carboxylic acids is 1. The van der Waals surface area contributed by atoms with Crippen LogP contribution in [0.3, 0.4) is 0 Å². The van der Waals surface area contributed by atoms with Gasteiger partial charge in [0, 0.05) is 19.0 Å². The predicted octanol–water partition coefficient (Wildman–Crippen LogP) is 3.14. The molecule has 1 aromatic heterocycles. The zero-order valence-electron chi connectivity index (χ0n) is 15.4. The average Bonchev–Trinajstić information content (AvgIpc) is 3.18. The number of ether oxygens (including phenoxy) is 2. The molecule has 2 unspecified atom stereocenters. The second kappa shape index (κ2) is 7.03. The van der Waals surface area contributed by atoms with E-state index >= 15 is 0 Å². The number of nitrogens with one attached hydrogen (secondary N) is 1. The summed E-state index contributed by atoms with van der Waals surface area (Å²) in [5.74, 6) is 1.33. The largest absolute Gasteiger partial charge is 0.491 e. The molecule has 6 heteroatoms. The summed E-state index contributed by atoms with van der Waals surface area (Å²) in [5.41, 5.74) is 2.62. The lowest BCUT2D eigenvalue weighted by Crippen LogP contribution is -2.42. The van der Waals surface area contributed by atoms with Crippen molar-refractivity contribution >= 4 is 5.91 Å². The summed E-state index contributed by atoms with van der Waals surface area (Å²) in [6.07, 6.45) is 1.57. The molecule has 5 rings (SSSR count). The van der Waals surface area contributed by atoms with Crippen LogP contribution in [-0.2, 0) is 13.0 Å². The normalized spacial score (nSPS) is 20.3. The van der Waals surface area contributed by atoms with Crippen molar-refractivity contribution in [1.29, 1.82) is 0 Å². The maximum Gasteiger partial charge on any atom is 0.272 e. The fourth-order valence-electron chi connectivity index (χ4n) is 3.79. The van der Waals surface area contributed by atoms with Gasteiger partial charge in [-0.15, -0.1) is 0 Å². The highest BCUT2D eigenvalue weighted by Gasteiger charge is 2.27. The molecule has 0 spiro atoms. The minimum absolute atomic E-state index is 0.00967. The lowest BCUT2D eigenvalue weighted by molar-refractivity contribution is 0.0909. The number of nitrogens with zero attached hydrogens (tertiary/aromatic N) is 2. The lowest BCUT2D eigenvalue weighted by atomic mass is 10.0. The fourth-order valence-corrected chi connectivity index (χ4v) is 3.79. The Hall–Kier alpha value is -3.28. The Morgan fingerprint density at radius 3 is 2.82 bits per heavy atom. The zero-order valence-corrected chi connectivity index (χ0v) is 15.4. The number of hydrogen-bond donors (Lipinski definition) is 1. The molecule has 0 saturated carbocycles. The topological polar surface area (TPSA) is 65.4 Å². The highest BCUT2D eigenvalue weighted by atomic mass is 16.5. The van der Waals surface area contributed by atoms with Gasteiger partial charge in [-0.1, -0.05) is 48.5 Å². The van der Waals surface area contributed by atoms with Crippen molar-refractivity contribution in [3.63, 3.8) is 0 Å². The van der Waals surface area contributed by atoms with E-state index in [2.05, 4.69) is 22.5 Å². The molecule has 1 amide bonds. The lowest BCUT2D eigenvalue weighted by Gasteiger charge is -2.25. The Bertz CT molecular complexity index is 999. The maximum atomic E-state index is 12.7. The molecule has 6 nitrogen and oxygen atoms in total. The smallest absolute Gasteiger partial charge is 0.272 e. The van der Waals surface area contributed by atoms with Crippen LogP contribution in [0.4, 0.5) is 0 Å². The summed E-state index contributed by atoms with van der Waals surface area (Å²) in [4.78, 5) is 12.7. The van der Waals surface area contributed by atoms with E-state index in [-0.39, 0.29) is 18.1 Å². The molecular formula is C22H21N3O3. The van der Waals surface area contributed by atoms with Crippen LogP contribution in [0, 0.1) is 0 Å². The van der Waals surface area contributed by atoms with E-state index in [0.29, 0.717) is 18.2 Å². The third kappa shape index (κ3) is 3.22. The third-order valence-electron chi connectivity index (χ3n) is 5.23. The van der Waals surface area contributed by atoms with Crippen LogP contribution in [0.5, 0.6) is 11.6 Å². The average molecular weight is 375 g/mol. The molecule has 0 saturated heterocycles. The van der Waals surface area contributed by atoms with Crippen LogP contribution in [0.15, 0.2) is 60.7 Å². The van der Waals surface area contributed by atoms with E-state index in [1.54, 1.807) is 10.7 Å². The highest BCUT2D eigenvalue weighted by Crippen LogP contribution is 2.31. The summed E-state index contributed by atoms with van der Waals surface area (Å²) >= 11 is 0. The summed E-state index contributed by atoms with van der Waals surface area (Å²) in [5, 5.41) is 7.46. The first-order valence-electron chi connectivity index (χ1n) is 9.57. The van der Waals surface area contributed by atoms with E-state index in [1.807, 2.05) is 42.5 Å². The Balaban J connectivity index is 1.27. The van der Waals surface area contributed by atoms with Crippen molar-refractivity contribution in [1.82, 2.24) is 15.1 Å². The van der Waals surface area contributed by atoms with Gasteiger partial charge in [0.05, 0.1) is 6.04 Å². The molecule has 1 N–H and O–H groups in total. The van der Waals surface area contributed by atoms with E-state index in [1.165, 1.54) is 0 Å². The Labute approximate surface area is 163 Å². The third-order valence-corrected chi connectivity index (χ3v) is 5.23. The van der Waals surface area contributed by atoms with Gasteiger partial charge in [-0.25, -0.2) is 4.68 Å². The molecule has 0 aliphatic carbocycles. The monoisotopic (exact) mass is 375 g/mol. The van der Waals surface area contributed by atoms with E-state index < -0.39 is 0 Å². The second-order valence-corrected chi connectivity index (χ2v) is 7.19. The molecule has 28 heavy (non-hydrogen) atoms. The van der Waals surface area contributed by atoms with Crippen LogP contribution < -0.4 is 14.8 Å². The molecule has 0 radical (unpaired) electrons. The number of para-hydroxylation sites is 1. The van der Waals surface area contributed by atoms with Crippen molar-refractivity contribution in [2.24, 2.45) is 0 Å². The standard InChI is InChI=1S/C22H21N3O3/c26-22(23-17-12-16-8-4-5-9-19(16)27-14-17)18-13-21-25(24-18)11-10-20(28-21)15-6-2-1-3-7-15/h1-9,13,17,20H,10-12,14H2,(H,23,26). The quantitative estimate of drug-likeness (QED) is 0.764. The molecule has 0 bridgehead atoms. The van der Waals surface area contributed by atoms with Crippen LogP contribution in [-0.4, -0.2) is 28.3 Å². The van der Waals surface area contributed by atoms with Crippen molar-refractivity contribution in [3.8, 4) is 11.6 Å². The summed E-state index contributed by atoms with van der Waals surface area (Å²) < 4.78 is 13.6. The van der Waals surface area contributed by atoms with E-state index in [4.69, 9.17) is 9.47 Å². The van der Waals surface area contributed by atoms with E-state index in [0.717, 1.165) is 36.3 Å². The number of rotatable bonds is 3. The second-order valence-electron chi connectivity index (χ2n) is 7.19. The van der Waals surface area contributed by atoms with Gasteiger partial charge >= 0.3 is 0 Å². The molecular weight excluding hydrogens is 354 g/mol. The molecule has 142 valence electrons. The number of aromatic nitrogens is 2. The van der Waals surface area contributed by atoms with Gasteiger partial charge in [-0.2, -0.15) is 5.10 Å². The predicted molar refractivity (Wildman–Crippen MR) is 104 cm³/mol.